The van der Waals surface area contributed by atoms with Crippen molar-refractivity contribution in [1.29, 1.82) is 5.26 Å². The third kappa shape index (κ3) is 2.79. The van der Waals surface area contributed by atoms with E-state index in [9.17, 15) is 5.26 Å². The molecule has 0 saturated carbocycles. The first-order chi connectivity index (χ1) is 14.5. The normalized spacial score (nSPS) is 14.9. The average Bonchev–Trinajstić information content (AvgIpc) is 3.36. The molecule has 1 atom stereocenters. The lowest BCUT2D eigenvalue weighted by molar-refractivity contribution is 0.227. The zero-order valence-corrected chi connectivity index (χ0v) is 16.6. The molecule has 1 aliphatic heterocycles. The fourth-order valence-corrected chi connectivity index (χ4v) is 3.84. The van der Waals surface area contributed by atoms with E-state index in [1.54, 1.807) is 23.3 Å². The summed E-state index contributed by atoms with van der Waals surface area (Å²) in [7, 11) is 0. The first-order valence-electron chi connectivity index (χ1n) is 9.57. The molecule has 2 bridgehead atoms. The Labute approximate surface area is 173 Å². The average molecular weight is 397 g/mol. The van der Waals surface area contributed by atoms with Gasteiger partial charge in [-0.1, -0.05) is 17.7 Å². The van der Waals surface area contributed by atoms with E-state index in [0.717, 1.165) is 28.1 Å². The summed E-state index contributed by atoms with van der Waals surface area (Å²) in [5.41, 5.74) is 11.9. The SMILES string of the molecule is Cc1ccc2c(c1)C(C)Oc1cc(cnc1N)-c1c(C#N)cnn1Cc1ccnn1-2. The topological polar surface area (TPSA) is 108 Å². The zero-order valence-electron chi connectivity index (χ0n) is 16.6. The Bertz CT molecular complexity index is 1310. The van der Waals surface area contributed by atoms with Crippen LogP contribution in [0.1, 0.15) is 35.4 Å². The van der Waals surface area contributed by atoms with Crippen molar-refractivity contribution < 1.29 is 4.74 Å². The summed E-state index contributed by atoms with van der Waals surface area (Å²) < 4.78 is 9.93. The minimum atomic E-state index is -0.295. The van der Waals surface area contributed by atoms with Crippen molar-refractivity contribution in [3.63, 3.8) is 0 Å². The first kappa shape index (κ1) is 17.9. The zero-order chi connectivity index (χ0) is 20.8. The van der Waals surface area contributed by atoms with Crippen LogP contribution in [0.3, 0.4) is 0 Å². The Balaban J connectivity index is 1.81. The molecule has 0 saturated heterocycles. The number of nitrogens with two attached hydrogens (primary N) is 1. The number of pyridine rings is 1. The fraction of sp³-hybridized carbons (Fsp3) is 0.182. The monoisotopic (exact) mass is 397 g/mol. The lowest BCUT2D eigenvalue weighted by Crippen LogP contribution is -2.15. The summed E-state index contributed by atoms with van der Waals surface area (Å²) >= 11 is 0. The number of nitrogens with zero attached hydrogens (tertiary/aromatic N) is 6. The molecule has 0 fully saturated rings. The molecule has 1 aromatic carbocycles. The van der Waals surface area contributed by atoms with Gasteiger partial charge >= 0.3 is 0 Å². The van der Waals surface area contributed by atoms with Crippen LogP contribution in [0.25, 0.3) is 16.9 Å². The van der Waals surface area contributed by atoms with Gasteiger partial charge in [0.05, 0.1) is 35.4 Å². The van der Waals surface area contributed by atoms with Gasteiger partial charge in [0.25, 0.3) is 0 Å². The molecule has 0 amide bonds. The lowest BCUT2D eigenvalue weighted by atomic mass is 10.0. The van der Waals surface area contributed by atoms with E-state index in [0.29, 0.717) is 29.4 Å². The van der Waals surface area contributed by atoms with Crippen molar-refractivity contribution >= 4 is 5.82 Å². The van der Waals surface area contributed by atoms with Crippen molar-refractivity contribution in [2.24, 2.45) is 0 Å². The number of hydrogen-bond donors (Lipinski definition) is 1. The largest absolute Gasteiger partial charge is 0.482 e. The molecular formula is C22H19N7O. The summed E-state index contributed by atoms with van der Waals surface area (Å²) in [6.07, 6.45) is 4.67. The van der Waals surface area contributed by atoms with Gasteiger partial charge in [0.15, 0.2) is 11.6 Å². The second-order valence-corrected chi connectivity index (χ2v) is 7.34. The molecule has 4 aromatic rings. The maximum atomic E-state index is 9.61. The van der Waals surface area contributed by atoms with E-state index in [2.05, 4.69) is 27.3 Å². The number of aromatic nitrogens is 5. The minimum Gasteiger partial charge on any atom is -0.482 e. The van der Waals surface area contributed by atoms with Crippen LogP contribution >= 0.6 is 0 Å². The number of benzene rings is 1. The number of hydrogen-bond acceptors (Lipinski definition) is 6. The van der Waals surface area contributed by atoms with Crippen molar-refractivity contribution in [1.82, 2.24) is 24.5 Å². The van der Waals surface area contributed by atoms with Crippen LogP contribution in [0, 0.1) is 18.3 Å². The summed E-state index contributed by atoms with van der Waals surface area (Å²) in [6.45, 7) is 4.46. The minimum absolute atomic E-state index is 0.293. The highest BCUT2D eigenvalue weighted by Crippen LogP contribution is 2.35. The van der Waals surface area contributed by atoms with E-state index >= 15 is 0 Å². The fourth-order valence-electron chi connectivity index (χ4n) is 3.84. The second kappa shape index (κ2) is 6.74. The van der Waals surface area contributed by atoms with Gasteiger partial charge in [-0.25, -0.2) is 9.67 Å². The summed E-state index contributed by atoms with van der Waals surface area (Å²) in [5.74, 6) is 0.756. The quantitative estimate of drug-likeness (QED) is 0.487. The third-order valence-electron chi connectivity index (χ3n) is 5.30. The molecule has 5 rings (SSSR count). The van der Waals surface area contributed by atoms with Gasteiger partial charge in [0.2, 0.25) is 0 Å². The smallest absolute Gasteiger partial charge is 0.166 e. The van der Waals surface area contributed by atoms with Gasteiger partial charge in [-0.3, -0.25) is 4.68 Å². The molecule has 0 radical (unpaired) electrons. The predicted molar refractivity (Wildman–Crippen MR) is 111 cm³/mol. The number of fused-ring (bicyclic) bond motifs is 7. The predicted octanol–water partition coefficient (Wildman–Crippen LogP) is 3.39. The van der Waals surface area contributed by atoms with Crippen molar-refractivity contribution in [3.05, 3.63) is 71.3 Å². The Morgan fingerprint density at radius 3 is 2.90 bits per heavy atom. The number of nitrogen functional groups attached to an aromatic ring is 1. The number of rotatable bonds is 0. The Morgan fingerprint density at radius 2 is 2.07 bits per heavy atom. The van der Waals surface area contributed by atoms with E-state index in [1.165, 1.54) is 0 Å². The molecule has 3 aromatic heterocycles. The third-order valence-corrected chi connectivity index (χ3v) is 5.30. The highest BCUT2D eigenvalue weighted by Gasteiger charge is 2.22. The molecule has 8 nitrogen and oxygen atoms in total. The molecular weight excluding hydrogens is 378 g/mol. The van der Waals surface area contributed by atoms with E-state index in [1.807, 2.05) is 42.8 Å². The van der Waals surface area contributed by atoms with Gasteiger partial charge in [-0.2, -0.15) is 15.5 Å². The second-order valence-electron chi connectivity index (χ2n) is 7.34. The highest BCUT2D eigenvalue weighted by atomic mass is 16.5. The molecule has 8 heteroatoms. The van der Waals surface area contributed by atoms with Gasteiger partial charge in [-0.15, -0.1) is 0 Å². The van der Waals surface area contributed by atoms with Crippen LogP contribution in [0.2, 0.25) is 0 Å². The molecule has 0 aliphatic carbocycles. The Kier molecular flexibility index (Phi) is 4.03. The Hall–Kier alpha value is -4.12. The molecule has 4 heterocycles. The molecule has 0 spiro atoms. The van der Waals surface area contributed by atoms with Crippen molar-refractivity contribution in [3.8, 4) is 28.8 Å². The van der Waals surface area contributed by atoms with Gasteiger partial charge < -0.3 is 10.5 Å². The molecule has 148 valence electrons. The lowest BCUT2D eigenvalue weighted by Gasteiger charge is -2.22. The molecule has 1 aliphatic rings. The van der Waals surface area contributed by atoms with E-state index < -0.39 is 0 Å². The first-order valence-corrected chi connectivity index (χ1v) is 9.57. The number of ether oxygens (including phenoxy) is 1. The van der Waals surface area contributed by atoms with Crippen LogP contribution in [-0.4, -0.2) is 24.5 Å². The maximum absolute atomic E-state index is 9.61. The summed E-state index contributed by atoms with van der Waals surface area (Å²) in [4.78, 5) is 4.31. The number of nitriles is 1. The van der Waals surface area contributed by atoms with Gasteiger partial charge in [0.1, 0.15) is 12.2 Å². The standard InChI is InChI=1S/C22H19N7O/c1-13-3-4-19-18(7-13)14(2)30-20-8-15(10-25-22(20)24)21-16(9-23)11-27-28(21)12-17-5-6-26-29(17)19/h3-8,10-11,14H,12H2,1-2H3,(H2,24,25). The molecule has 2 N–H and O–H groups in total. The molecule has 30 heavy (non-hydrogen) atoms. The number of anilines is 1. The van der Waals surface area contributed by atoms with Crippen LogP contribution in [0.15, 0.2) is 48.9 Å². The van der Waals surface area contributed by atoms with E-state index in [4.69, 9.17) is 10.5 Å². The Morgan fingerprint density at radius 1 is 1.20 bits per heavy atom. The summed E-state index contributed by atoms with van der Waals surface area (Å²) in [6, 6.07) is 12.2. The number of aryl methyl sites for hydroxylation is 1. The highest BCUT2D eigenvalue weighted by molar-refractivity contribution is 5.69. The molecule has 1 unspecified atom stereocenters. The summed E-state index contributed by atoms with van der Waals surface area (Å²) in [5, 5.41) is 18.6. The van der Waals surface area contributed by atoms with Crippen LogP contribution in [0.5, 0.6) is 5.75 Å². The van der Waals surface area contributed by atoms with Crippen LogP contribution in [-0.2, 0) is 6.54 Å². The maximum Gasteiger partial charge on any atom is 0.166 e. The van der Waals surface area contributed by atoms with E-state index in [-0.39, 0.29) is 6.10 Å². The van der Waals surface area contributed by atoms with Crippen LogP contribution < -0.4 is 10.5 Å². The van der Waals surface area contributed by atoms with Gasteiger partial charge in [0, 0.05) is 23.5 Å². The van der Waals surface area contributed by atoms with Crippen molar-refractivity contribution in [2.45, 2.75) is 26.5 Å². The van der Waals surface area contributed by atoms with Crippen LogP contribution in [0.4, 0.5) is 5.82 Å². The van der Waals surface area contributed by atoms with Crippen molar-refractivity contribution in [2.75, 3.05) is 5.73 Å². The van der Waals surface area contributed by atoms with Gasteiger partial charge in [-0.05, 0) is 32.0 Å².